The Kier molecular flexibility index (Phi) is 3.69. The topological polar surface area (TPSA) is 50.9 Å². The molecule has 1 aromatic heterocycles. The normalized spacial score (nSPS) is 12.4. The van der Waals surface area contributed by atoms with Gasteiger partial charge in [-0.05, 0) is 31.5 Å². The smallest absolute Gasteiger partial charge is 0.146 e. The van der Waals surface area contributed by atoms with E-state index in [4.69, 9.17) is 5.84 Å². The molecule has 0 amide bonds. The predicted octanol–water partition coefficient (Wildman–Crippen LogP) is 2.39. The van der Waals surface area contributed by atoms with Crippen molar-refractivity contribution in [2.75, 3.05) is 0 Å². The maximum Gasteiger partial charge on any atom is 0.146 e. The summed E-state index contributed by atoms with van der Waals surface area (Å²) in [6.45, 7) is 4.00. The third-order valence-corrected chi connectivity index (χ3v) is 2.80. The molecular formula is C14H16FN3. The third kappa shape index (κ3) is 2.55. The first-order valence-electron chi connectivity index (χ1n) is 5.76. The van der Waals surface area contributed by atoms with Crippen LogP contribution in [0.25, 0.3) is 0 Å². The lowest BCUT2D eigenvalue weighted by Gasteiger charge is -2.17. The average Bonchev–Trinajstić information content (AvgIpc) is 2.31. The molecule has 4 heteroatoms. The van der Waals surface area contributed by atoms with Gasteiger partial charge in [-0.3, -0.25) is 10.8 Å². The van der Waals surface area contributed by atoms with E-state index in [-0.39, 0.29) is 5.82 Å². The molecule has 0 saturated heterocycles. The Morgan fingerprint density at radius 3 is 2.44 bits per heavy atom. The molecule has 0 spiro atoms. The molecule has 3 nitrogen and oxygen atoms in total. The first kappa shape index (κ1) is 12.7. The van der Waals surface area contributed by atoms with E-state index in [2.05, 4.69) is 16.5 Å². The van der Waals surface area contributed by atoms with Gasteiger partial charge in [0.1, 0.15) is 5.82 Å². The van der Waals surface area contributed by atoms with Crippen LogP contribution in [0.4, 0.5) is 4.39 Å². The lowest BCUT2D eigenvalue weighted by atomic mass is 9.99. The number of rotatable bonds is 3. The Bertz CT molecular complexity index is 534. The Labute approximate surface area is 106 Å². The molecule has 1 unspecified atom stereocenters. The fourth-order valence-electron chi connectivity index (χ4n) is 2.12. The zero-order chi connectivity index (χ0) is 13.1. The van der Waals surface area contributed by atoms with E-state index in [9.17, 15) is 4.39 Å². The van der Waals surface area contributed by atoms with Crippen molar-refractivity contribution in [2.45, 2.75) is 19.9 Å². The molecule has 94 valence electrons. The Hall–Kier alpha value is -1.78. The van der Waals surface area contributed by atoms with Gasteiger partial charge >= 0.3 is 0 Å². The number of hydrogen-bond acceptors (Lipinski definition) is 3. The summed E-state index contributed by atoms with van der Waals surface area (Å²) < 4.78 is 13.8. The van der Waals surface area contributed by atoms with E-state index in [1.165, 1.54) is 6.07 Å². The molecule has 1 aromatic carbocycles. The lowest BCUT2D eigenvalue weighted by Crippen LogP contribution is -2.30. The van der Waals surface area contributed by atoms with Crippen molar-refractivity contribution in [3.8, 4) is 0 Å². The maximum absolute atomic E-state index is 13.8. The highest BCUT2D eigenvalue weighted by Gasteiger charge is 2.18. The molecule has 2 aromatic rings. The fraction of sp³-hybridized carbons (Fsp3) is 0.214. The second kappa shape index (κ2) is 5.25. The SMILES string of the molecule is Cc1cc(C)cc(C(NN)c2ncccc2F)c1. The van der Waals surface area contributed by atoms with Gasteiger partial charge in [0.2, 0.25) is 0 Å². The molecule has 0 fully saturated rings. The van der Waals surface area contributed by atoms with Gasteiger partial charge in [-0.1, -0.05) is 29.3 Å². The molecule has 0 radical (unpaired) electrons. The summed E-state index contributed by atoms with van der Waals surface area (Å²) in [5, 5.41) is 0. The molecule has 18 heavy (non-hydrogen) atoms. The Morgan fingerprint density at radius 2 is 1.89 bits per heavy atom. The number of nitrogens with zero attached hydrogens (tertiary/aromatic N) is 1. The van der Waals surface area contributed by atoms with Gasteiger partial charge in [0.15, 0.2) is 0 Å². The number of nitrogens with one attached hydrogen (secondary N) is 1. The number of pyridine rings is 1. The Morgan fingerprint density at radius 1 is 1.22 bits per heavy atom. The lowest BCUT2D eigenvalue weighted by molar-refractivity contribution is 0.543. The van der Waals surface area contributed by atoms with Gasteiger partial charge in [-0.25, -0.2) is 9.82 Å². The predicted molar refractivity (Wildman–Crippen MR) is 69.3 cm³/mol. The van der Waals surface area contributed by atoms with Crippen LogP contribution in [0.1, 0.15) is 28.4 Å². The second-order valence-electron chi connectivity index (χ2n) is 4.39. The van der Waals surface area contributed by atoms with E-state index in [0.29, 0.717) is 5.69 Å². The molecule has 0 aliphatic heterocycles. The number of aromatic nitrogens is 1. The molecule has 0 aliphatic carbocycles. The van der Waals surface area contributed by atoms with E-state index in [1.807, 2.05) is 26.0 Å². The van der Waals surface area contributed by atoms with Crippen LogP contribution in [0.5, 0.6) is 0 Å². The molecular weight excluding hydrogens is 229 g/mol. The summed E-state index contributed by atoms with van der Waals surface area (Å²) in [7, 11) is 0. The van der Waals surface area contributed by atoms with Crippen molar-refractivity contribution < 1.29 is 4.39 Å². The van der Waals surface area contributed by atoms with Gasteiger partial charge < -0.3 is 0 Å². The monoisotopic (exact) mass is 245 g/mol. The van der Waals surface area contributed by atoms with Crippen LogP contribution < -0.4 is 11.3 Å². The molecule has 0 bridgehead atoms. The summed E-state index contributed by atoms with van der Waals surface area (Å²) in [5.41, 5.74) is 6.07. The first-order valence-corrected chi connectivity index (χ1v) is 5.76. The van der Waals surface area contributed by atoms with E-state index < -0.39 is 6.04 Å². The molecule has 0 aliphatic rings. The van der Waals surface area contributed by atoms with E-state index >= 15 is 0 Å². The van der Waals surface area contributed by atoms with E-state index in [0.717, 1.165) is 16.7 Å². The van der Waals surface area contributed by atoms with Crippen molar-refractivity contribution in [1.82, 2.24) is 10.4 Å². The summed E-state index contributed by atoms with van der Waals surface area (Å²) >= 11 is 0. The summed E-state index contributed by atoms with van der Waals surface area (Å²) in [6.07, 6.45) is 1.56. The van der Waals surface area contributed by atoms with Crippen molar-refractivity contribution >= 4 is 0 Å². The van der Waals surface area contributed by atoms with Crippen molar-refractivity contribution in [1.29, 1.82) is 0 Å². The molecule has 1 atom stereocenters. The first-order chi connectivity index (χ1) is 8.61. The van der Waals surface area contributed by atoms with Crippen LogP contribution in [0.15, 0.2) is 36.5 Å². The molecule has 3 N–H and O–H groups in total. The van der Waals surface area contributed by atoms with E-state index in [1.54, 1.807) is 12.3 Å². The number of hydrogen-bond donors (Lipinski definition) is 2. The van der Waals surface area contributed by atoms with Crippen molar-refractivity contribution in [3.63, 3.8) is 0 Å². The van der Waals surface area contributed by atoms with Crippen LogP contribution in [0.2, 0.25) is 0 Å². The second-order valence-corrected chi connectivity index (χ2v) is 4.39. The summed E-state index contributed by atoms with van der Waals surface area (Å²) in [4.78, 5) is 4.07. The van der Waals surface area contributed by atoms with Crippen molar-refractivity contribution in [3.05, 3.63) is 64.7 Å². The summed E-state index contributed by atoms with van der Waals surface area (Å²) in [6, 6.07) is 8.52. The van der Waals surface area contributed by atoms with Gasteiger partial charge in [0.05, 0.1) is 11.7 Å². The van der Waals surface area contributed by atoms with Gasteiger partial charge in [0.25, 0.3) is 0 Å². The van der Waals surface area contributed by atoms with Crippen LogP contribution >= 0.6 is 0 Å². The standard InChI is InChI=1S/C14H16FN3/c1-9-6-10(2)8-11(7-9)13(18-16)14-12(15)4-3-5-17-14/h3-8,13,18H,16H2,1-2H3. The Balaban J connectivity index is 2.48. The molecule has 0 saturated carbocycles. The van der Waals surface area contributed by atoms with Gasteiger partial charge in [0, 0.05) is 6.20 Å². The number of benzene rings is 1. The zero-order valence-corrected chi connectivity index (χ0v) is 10.4. The minimum atomic E-state index is -0.440. The minimum Gasteiger partial charge on any atom is -0.271 e. The quantitative estimate of drug-likeness (QED) is 0.645. The summed E-state index contributed by atoms with van der Waals surface area (Å²) in [5.74, 6) is 5.19. The van der Waals surface area contributed by atoms with Crippen molar-refractivity contribution in [2.24, 2.45) is 5.84 Å². The number of aryl methyl sites for hydroxylation is 2. The molecule has 2 rings (SSSR count). The highest BCUT2D eigenvalue weighted by Crippen LogP contribution is 2.23. The third-order valence-electron chi connectivity index (χ3n) is 2.80. The van der Waals surface area contributed by atoms with Crippen LogP contribution in [0, 0.1) is 19.7 Å². The van der Waals surface area contributed by atoms with Gasteiger partial charge in [-0.15, -0.1) is 0 Å². The van der Waals surface area contributed by atoms with Crippen LogP contribution in [-0.2, 0) is 0 Å². The van der Waals surface area contributed by atoms with Crippen LogP contribution in [0.3, 0.4) is 0 Å². The number of halogens is 1. The fourth-order valence-corrected chi connectivity index (χ4v) is 2.12. The number of hydrazine groups is 1. The largest absolute Gasteiger partial charge is 0.271 e. The van der Waals surface area contributed by atoms with Crippen LogP contribution in [-0.4, -0.2) is 4.98 Å². The maximum atomic E-state index is 13.8. The highest BCUT2D eigenvalue weighted by molar-refractivity contribution is 5.35. The number of nitrogens with two attached hydrogens (primary N) is 1. The zero-order valence-electron chi connectivity index (χ0n) is 10.4. The molecule has 1 heterocycles. The van der Waals surface area contributed by atoms with Gasteiger partial charge in [-0.2, -0.15) is 0 Å². The average molecular weight is 245 g/mol. The highest BCUT2D eigenvalue weighted by atomic mass is 19.1. The minimum absolute atomic E-state index is 0.310.